The quantitative estimate of drug-likeness (QED) is 0.769. The molecular formula is C12H16ClN3O3. The molecule has 0 saturated carbocycles. The van der Waals surface area contributed by atoms with E-state index < -0.39 is 5.97 Å². The van der Waals surface area contributed by atoms with Crippen molar-refractivity contribution in [2.24, 2.45) is 0 Å². The molecular weight excluding hydrogens is 270 g/mol. The summed E-state index contributed by atoms with van der Waals surface area (Å²) < 4.78 is 0. The maximum atomic E-state index is 11.5. The van der Waals surface area contributed by atoms with E-state index in [1.807, 2.05) is 19.0 Å². The summed E-state index contributed by atoms with van der Waals surface area (Å²) in [6.45, 7) is 1.21. The summed E-state index contributed by atoms with van der Waals surface area (Å²) >= 11 is 5.73. The highest BCUT2D eigenvalue weighted by Crippen LogP contribution is 2.20. The van der Waals surface area contributed by atoms with Gasteiger partial charge in [0.05, 0.1) is 10.6 Å². The second-order valence-electron chi connectivity index (χ2n) is 4.18. The molecule has 0 bridgehead atoms. The summed E-state index contributed by atoms with van der Waals surface area (Å²) in [7, 11) is 3.80. The van der Waals surface area contributed by atoms with Crippen LogP contribution in [0.3, 0.4) is 0 Å². The number of carboxylic acid groups (broad SMARTS) is 1. The zero-order chi connectivity index (χ0) is 14.4. The molecule has 2 amide bonds. The number of hydrogen-bond donors (Lipinski definition) is 3. The first-order valence-corrected chi connectivity index (χ1v) is 6.00. The van der Waals surface area contributed by atoms with Gasteiger partial charge in [-0.25, -0.2) is 9.59 Å². The van der Waals surface area contributed by atoms with Crippen molar-refractivity contribution in [1.82, 2.24) is 10.2 Å². The first-order chi connectivity index (χ1) is 8.90. The summed E-state index contributed by atoms with van der Waals surface area (Å²) in [4.78, 5) is 24.4. The van der Waals surface area contributed by atoms with Gasteiger partial charge in [0.1, 0.15) is 0 Å². The van der Waals surface area contributed by atoms with E-state index in [-0.39, 0.29) is 16.6 Å². The highest BCUT2D eigenvalue weighted by molar-refractivity contribution is 6.33. The van der Waals surface area contributed by atoms with Gasteiger partial charge in [-0.15, -0.1) is 0 Å². The van der Waals surface area contributed by atoms with Gasteiger partial charge in [-0.2, -0.15) is 0 Å². The number of carboxylic acids is 1. The Hall–Kier alpha value is -1.79. The average Bonchev–Trinajstić information content (AvgIpc) is 2.30. The van der Waals surface area contributed by atoms with Crippen LogP contribution in [0.2, 0.25) is 5.02 Å². The summed E-state index contributed by atoms with van der Waals surface area (Å²) in [6, 6.07) is 3.90. The van der Waals surface area contributed by atoms with Gasteiger partial charge < -0.3 is 20.6 Å². The van der Waals surface area contributed by atoms with Crippen LogP contribution in [0.25, 0.3) is 0 Å². The topological polar surface area (TPSA) is 81.7 Å². The van der Waals surface area contributed by atoms with Crippen molar-refractivity contribution in [3.05, 3.63) is 28.8 Å². The lowest BCUT2D eigenvalue weighted by Crippen LogP contribution is -2.34. The molecule has 0 aliphatic rings. The Kier molecular flexibility index (Phi) is 5.59. The fourth-order valence-corrected chi connectivity index (χ4v) is 1.53. The van der Waals surface area contributed by atoms with Gasteiger partial charge in [-0.3, -0.25) is 0 Å². The van der Waals surface area contributed by atoms with Crippen molar-refractivity contribution < 1.29 is 14.7 Å². The smallest absolute Gasteiger partial charge is 0.337 e. The summed E-state index contributed by atoms with van der Waals surface area (Å²) in [5.74, 6) is -1.14. The lowest BCUT2D eigenvalue weighted by molar-refractivity contribution is 0.0697. The van der Waals surface area contributed by atoms with Crippen LogP contribution in [-0.2, 0) is 0 Å². The number of carbonyl (C=O) groups excluding carboxylic acids is 1. The molecule has 6 nitrogen and oxygen atoms in total. The molecule has 0 aliphatic carbocycles. The van der Waals surface area contributed by atoms with Crippen molar-refractivity contribution in [3.63, 3.8) is 0 Å². The van der Waals surface area contributed by atoms with E-state index in [0.29, 0.717) is 18.8 Å². The number of halogens is 1. The van der Waals surface area contributed by atoms with E-state index in [4.69, 9.17) is 16.7 Å². The van der Waals surface area contributed by atoms with Gasteiger partial charge in [-0.1, -0.05) is 11.6 Å². The number of likely N-dealkylation sites (N-methyl/N-ethyl adjacent to an activating group) is 1. The van der Waals surface area contributed by atoms with Crippen LogP contribution in [0.5, 0.6) is 0 Å². The highest BCUT2D eigenvalue weighted by Gasteiger charge is 2.10. The average molecular weight is 286 g/mol. The number of hydrogen-bond acceptors (Lipinski definition) is 3. The molecule has 0 spiro atoms. The van der Waals surface area contributed by atoms with Crippen LogP contribution in [0.15, 0.2) is 18.2 Å². The lowest BCUT2D eigenvalue weighted by atomic mass is 10.2. The van der Waals surface area contributed by atoms with E-state index in [1.165, 1.54) is 12.1 Å². The third kappa shape index (κ3) is 5.15. The number of rotatable bonds is 5. The first kappa shape index (κ1) is 15.3. The third-order valence-electron chi connectivity index (χ3n) is 2.30. The van der Waals surface area contributed by atoms with E-state index >= 15 is 0 Å². The van der Waals surface area contributed by atoms with E-state index in [1.54, 1.807) is 6.07 Å². The van der Waals surface area contributed by atoms with Crippen LogP contribution in [-0.4, -0.2) is 49.2 Å². The minimum atomic E-state index is -1.14. The van der Waals surface area contributed by atoms with E-state index in [9.17, 15) is 9.59 Å². The van der Waals surface area contributed by atoms with Crippen LogP contribution in [0.1, 0.15) is 10.4 Å². The maximum Gasteiger partial charge on any atom is 0.337 e. The molecule has 1 aromatic rings. The fraction of sp³-hybridized carbons (Fsp3) is 0.333. The van der Waals surface area contributed by atoms with Crippen molar-refractivity contribution in [3.8, 4) is 0 Å². The van der Waals surface area contributed by atoms with E-state index in [2.05, 4.69) is 10.6 Å². The minimum Gasteiger partial charge on any atom is -0.478 e. The number of amides is 2. The predicted octanol–water partition coefficient (Wildman–Crippen LogP) is 1.72. The Balaban J connectivity index is 2.60. The second-order valence-corrected chi connectivity index (χ2v) is 4.59. The third-order valence-corrected chi connectivity index (χ3v) is 2.63. The second kappa shape index (κ2) is 6.96. The summed E-state index contributed by atoms with van der Waals surface area (Å²) in [5.41, 5.74) is 0.330. The van der Waals surface area contributed by atoms with Gasteiger partial charge >= 0.3 is 12.0 Å². The number of nitrogens with one attached hydrogen (secondary N) is 2. The molecule has 104 valence electrons. The monoisotopic (exact) mass is 285 g/mol. The zero-order valence-corrected chi connectivity index (χ0v) is 11.5. The van der Waals surface area contributed by atoms with Crippen LogP contribution < -0.4 is 10.6 Å². The molecule has 7 heteroatoms. The van der Waals surface area contributed by atoms with Gasteiger partial charge in [0.2, 0.25) is 0 Å². The number of nitrogens with zero attached hydrogens (tertiary/aromatic N) is 1. The summed E-state index contributed by atoms with van der Waals surface area (Å²) in [6.07, 6.45) is 0. The molecule has 0 aromatic heterocycles. The van der Waals surface area contributed by atoms with E-state index in [0.717, 1.165) is 0 Å². The minimum absolute atomic E-state index is 0.0484. The lowest BCUT2D eigenvalue weighted by Gasteiger charge is -2.11. The molecule has 0 unspecified atom stereocenters. The van der Waals surface area contributed by atoms with Crippen molar-refractivity contribution >= 4 is 29.3 Å². The number of benzene rings is 1. The Bertz CT molecular complexity index is 477. The molecule has 0 atom stereocenters. The van der Waals surface area contributed by atoms with Crippen molar-refractivity contribution in [2.45, 2.75) is 0 Å². The maximum absolute atomic E-state index is 11.5. The molecule has 0 saturated heterocycles. The molecule has 1 rings (SSSR count). The largest absolute Gasteiger partial charge is 0.478 e. The number of anilines is 1. The van der Waals surface area contributed by atoms with Crippen molar-refractivity contribution in [2.75, 3.05) is 32.5 Å². The SMILES string of the molecule is CN(C)CCNC(=O)Nc1ccc(Cl)c(C(=O)O)c1. The Morgan fingerprint density at radius 2 is 2.05 bits per heavy atom. The van der Waals surface area contributed by atoms with Crippen LogP contribution in [0.4, 0.5) is 10.5 Å². The van der Waals surface area contributed by atoms with Gasteiger partial charge in [-0.05, 0) is 32.3 Å². The molecule has 0 fully saturated rings. The molecule has 0 heterocycles. The molecule has 1 aromatic carbocycles. The van der Waals surface area contributed by atoms with Gasteiger partial charge in [0.25, 0.3) is 0 Å². The number of urea groups is 1. The fourth-order valence-electron chi connectivity index (χ4n) is 1.34. The molecule has 0 aliphatic heterocycles. The molecule has 0 radical (unpaired) electrons. The number of aromatic carboxylic acids is 1. The predicted molar refractivity (Wildman–Crippen MR) is 74.0 cm³/mol. The van der Waals surface area contributed by atoms with Gasteiger partial charge in [0.15, 0.2) is 0 Å². The van der Waals surface area contributed by atoms with Crippen molar-refractivity contribution in [1.29, 1.82) is 0 Å². The van der Waals surface area contributed by atoms with Crippen LogP contribution >= 0.6 is 11.6 Å². The molecule has 19 heavy (non-hydrogen) atoms. The Labute approximate surface area is 116 Å². The molecule has 3 N–H and O–H groups in total. The summed E-state index contributed by atoms with van der Waals surface area (Å²) in [5, 5.41) is 14.2. The standard InChI is InChI=1S/C12H16ClN3O3/c1-16(2)6-5-14-12(19)15-8-3-4-10(13)9(7-8)11(17)18/h3-4,7H,5-6H2,1-2H3,(H,17,18)(H2,14,15,19). The Morgan fingerprint density at radius 1 is 1.37 bits per heavy atom. The van der Waals surface area contributed by atoms with Crippen LogP contribution in [0, 0.1) is 0 Å². The highest BCUT2D eigenvalue weighted by atomic mass is 35.5. The first-order valence-electron chi connectivity index (χ1n) is 5.62. The zero-order valence-electron chi connectivity index (χ0n) is 10.7. The normalized spacial score (nSPS) is 10.3. The van der Waals surface area contributed by atoms with Gasteiger partial charge in [0, 0.05) is 18.8 Å². The Morgan fingerprint density at radius 3 is 2.63 bits per heavy atom. The number of carbonyl (C=O) groups is 2.